The van der Waals surface area contributed by atoms with Gasteiger partial charge in [0.2, 0.25) is 0 Å². The average Bonchev–Trinajstić information content (AvgIpc) is 3.08. The molecule has 0 radical (unpaired) electrons. The number of aromatic nitrogens is 1. The van der Waals surface area contributed by atoms with Gasteiger partial charge in [-0.25, -0.2) is 4.98 Å². The zero-order valence-corrected chi connectivity index (χ0v) is 18.3. The van der Waals surface area contributed by atoms with E-state index in [1.165, 1.54) is 16.8 Å². The largest absolute Gasteiger partial charge is 0.289 e. The van der Waals surface area contributed by atoms with E-state index in [0.717, 1.165) is 5.56 Å². The van der Waals surface area contributed by atoms with Crippen molar-refractivity contribution >= 4 is 34.9 Å². The zero-order chi connectivity index (χ0) is 22.8. The lowest BCUT2D eigenvalue weighted by Gasteiger charge is -2.15. The van der Waals surface area contributed by atoms with E-state index >= 15 is 0 Å². The van der Waals surface area contributed by atoms with Crippen LogP contribution in [0, 0.1) is 29.6 Å². The fraction of sp³-hybridized carbons (Fsp3) is 0.125. The lowest BCUT2D eigenvalue weighted by atomic mass is 9.96. The van der Waals surface area contributed by atoms with Crippen molar-refractivity contribution in [2.45, 2.75) is 24.1 Å². The highest BCUT2D eigenvalue weighted by Gasteiger charge is 2.37. The van der Waals surface area contributed by atoms with Crippen molar-refractivity contribution in [3.8, 4) is 23.3 Å². The Kier molecular flexibility index (Phi) is 5.63. The Morgan fingerprint density at radius 1 is 1.03 bits per heavy atom. The van der Waals surface area contributed by atoms with Gasteiger partial charge in [-0.05, 0) is 31.5 Å². The molecule has 3 aromatic rings. The molecule has 0 saturated carbocycles. The molecule has 3 N–H and O–H groups in total. The fourth-order valence-electron chi connectivity index (χ4n) is 3.50. The molecule has 1 aliphatic rings. The molecule has 0 bridgehead atoms. The predicted molar refractivity (Wildman–Crippen MR) is 124 cm³/mol. The second kappa shape index (κ2) is 8.54. The quantitative estimate of drug-likeness (QED) is 0.665. The Balaban J connectivity index is 1.78. The summed E-state index contributed by atoms with van der Waals surface area (Å²) in [6.45, 7) is 3.74. The van der Waals surface area contributed by atoms with Crippen LogP contribution in [0.2, 0.25) is 0 Å². The topological polar surface area (TPSA) is 120 Å². The summed E-state index contributed by atoms with van der Waals surface area (Å²) in [7, 11) is 0. The Hall–Kier alpha value is -4.14. The normalized spacial score (nSPS) is 15.2. The molecule has 2 aromatic carbocycles. The summed E-state index contributed by atoms with van der Waals surface area (Å²) in [5, 5.41) is 25.3. The van der Waals surface area contributed by atoms with Crippen molar-refractivity contribution < 1.29 is 9.78 Å². The maximum atomic E-state index is 13.1. The number of anilines is 2. The van der Waals surface area contributed by atoms with Gasteiger partial charge in [0, 0.05) is 5.56 Å². The average molecular weight is 440 g/mol. The summed E-state index contributed by atoms with van der Waals surface area (Å²) < 4.78 is 0. The zero-order valence-electron chi connectivity index (χ0n) is 17.5. The number of para-hydroxylation sites is 1. The van der Waals surface area contributed by atoms with Crippen molar-refractivity contribution in [2.75, 3.05) is 10.7 Å². The van der Waals surface area contributed by atoms with Gasteiger partial charge >= 0.3 is 0 Å². The van der Waals surface area contributed by atoms with E-state index in [-0.39, 0.29) is 22.9 Å². The smallest absolute Gasteiger partial charge is 0.286 e. The number of pyridine rings is 1. The number of rotatable bonds is 4. The molecule has 0 saturated heterocycles. The minimum atomic E-state index is -0.628. The van der Waals surface area contributed by atoms with Gasteiger partial charge in [-0.2, -0.15) is 20.6 Å². The van der Waals surface area contributed by atoms with Crippen LogP contribution in [0.15, 0.2) is 64.7 Å². The Morgan fingerprint density at radius 3 is 2.31 bits per heavy atom. The highest BCUT2D eigenvalue weighted by Crippen LogP contribution is 2.37. The number of hydrazone groups is 1. The number of hydrogen-bond donors (Lipinski definition) is 1. The van der Waals surface area contributed by atoms with Gasteiger partial charge in [-0.1, -0.05) is 59.8 Å². The van der Waals surface area contributed by atoms with Crippen LogP contribution in [0.4, 0.5) is 11.5 Å². The third kappa shape index (κ3) is 3.68. The Labute approximate surface area is 189 Å². The first-order chi connectivity index (χ1) is 15.4. The molecule has 7 nitrogen and oxygen atoms in total. The molecule has 2 heterocycles. The van der Waals surface area contributed by atoms with E-state index in [1.807, 2.05) is 61.5 Å². The second-order valence-electron chi connectivity index (χ2n) is 7.31. The highest BCUT2D eigenvalue weighted by atomic mass is 32.2. The first kappa shape index (κ1) is 21.1. The van der Waals surface area contributed by atoms with E-state index in [0.29, 0.717) is 27.6 Å². The Morgan fingerprint density at radius 2 is 1.69 bits per heavy atom. The molecule has 1 aromatic heterocycles. The van der Waals surface area contributed by atoms with Gasteiger partial charge < -0.3 is 0 Å². The monoisotopic (exact) mass is 439 g/mol. The number of carbonyl (C=O) groups is 1. The standard InChI is InChI=1S/C24H18N6OS/c1-14-8-10-16(11-9-14)20-18(12-25)22(27)28-23(19(20)13-26)32-21-15(2)29-30(24(21)31)17-6-4-3-5-7-17/h3-11,21H,1-2H3,(H2,27,28)/p+1/t21-/m0/s1. The van der Waals surface area contributed by atoms with Crippen LogP contribution in [0.3, 0.4) is 0 Å². The fourth-order valence-corrected chi connectivity index (χ4v) is 4.59. The SMILES string of the molecule is CC1=NN(c2ccccc2)C(=O)[C@H]1Sc1[nH+]c(N)c(C#N)c(-c2ccc(C)cc2)c1C#N. The summed E-state index contributed by atoms with van der Waals surface area (Å²) in [5.41, 5.74) is 10.1. The van der Waals surface area contributed by atoms with Crippen LogP contribution >= 0.6 is 11.8 Å². The number of H-pyrrole nitrogens is 1. The molecule has 1 atom stereocenters. The third-order valence-electron chi connectivity index (χ3n) is 5.12. The number of benzene rings is 2. The van der Waals surface area contributed by atoms with Gasteiger partial charge in [0.25, 0.3) is 11.7 Å². The van der Waals surface area contributed by atoms with Crippen molar-refractivity contribution in [2.24, 2.45) is 5.10 Å². The maximum Gasteiger partial charge on any atom is 0.289 e. The summed E-state index contributed by atoms with van der Waals surface area (Å²) in [6, 6.07) is 21.0. The number of aryl methyl sites for hydroxylation is 1. The first-order valence-electron chi connectivity index (χ1n) is 9.81. The van der Waals surface area contributed by atoms with Crippen LogP contribution in [0.5, 0.6) is 0 Å². The number of nitrogens with one attached hydrogen (secondary N) is 1. The van der Waals surface area contributed by atoms with Crippen LogP contribution < -0.4 is 15.7 Å². The van der Waals surface area contributed by atoms with E-state index in [4.69, 9.17) is 5.73 Å². The molecular weight excluding hydrogens is 420 g/mol. The molecule has 156 valence electrons. The number of hydrogen-bond acceptors (Lipinski definition) is 6. The van der Waals surface area contributed by atoms with Gasteiger partial charge in [0.05, 0.1) is 11.4 Å². The van der Waals surface area contributed by atoms with E-state index in [9.17, 15) is 15.3 Å². The van der Waals surface area contributed by atoms with Crippen molar-refractivity contribution in [3.63, 3.8) is 0 Å². The summed E-state index contributed by atoms with van der Waals surface area (Å²) >= 11 is 1.17. The summed E-state index contributed by atoms with van der Waals surface area (Å²) in [4.78, 5) is 16.1. The number of aromatic amines is 1. The number of thioether (sulfide) groups is 1. The van der Waals surface area contributed by atoms with Gasteiger partial charge in [0.1, 0.15) is 28.5 Å². The van der Waals surface area contributed by atoms with E-state index in [1.54, 1.807) is 6.92 Å². The van der Waals surface area contributed by atoms with Gasteiger partial charge in [-0.15, -0.1) is 0 Å². The maximum absolute atomic E-state index is 13.1. The van der Waals surface area contributed by atoms with Crippen LogP contribution in [0.25, 0.3) is 11.1 Å². The molecule has 4 rings (SSSR count). The van der Waals surface area contributed by atoms with Crippen molar-refractivity contribution in [1.29, 1.82) is 10.5 Å². The van der Waals surface area contributed by atoms with Crippen molar-refractivity contribution in [3.05, 3.63) is 71.3 Å². The lowest BCUT2D eigenvalue weighted by molar-refractivity contribution is -0.410. The molecule has 0 spiro atoms. The minimum Gasteiger partial charge on any atom is -0.286 e. The van der Waals surface area contributed by atoms with Gasteiger partial charge in [-0.3, -0.25) is 10.5 Å². The predicted octanol–water partition coefficient (Wildman–Crippen LogP) is 3.69. The number of amides is 1. The van der Waals surface area contributed by atoms with Crippen LogP contribution in [-0.2, 0) is 4.79 Å². The van der Waals surface area contributed by atoms with E-state index < -0.39 is 5.25 Å². The number of nitrogens with zero attached hydrogens (tertiary/aromatic N) is 4. The Bertz CT molecular complexity index is 1320. The minimum absolute atomic E-state index is 0.143. The molecule has 32 heavy (non-hydrogen) atoms. The third-order valence-corrected chi connectivity index (χ3v) is 6.44. The number of nitrogens with two attached hydrogens (primary N) is 1. The molecule has 0 fully saturated rings. The second-order valence-corrected chi connectivity index (χ2v) is 8.42. The molecule has 0 unspecified atom stereocenters. The van der Waals surface area contributed by atoms with Gasteiger partial charge in [0.15, 0.2) is 5.03 Å². The summed E-state index contributed by atoms with van der Waals surface area (Å²) in [5.74, 6) is -0.0691. The molecule has 0 aliphatic carbocycles. The number of nitrogen functional groups attached to an aromatic ring is 1. The van der Waals surface area contributed by atoms with Crippen LogP contribution in [0.1, 0.15) is 23.6 Å². The number of carbonyl (C=O) groups excluding carboxylic acids is 1. The number of nitriles is 2. The molecule has 1 aliphatic heterocycles. The van der Waals surface area contributed by atoms with Crippen molar-refractivity contribution in [1.82, 2.24) is 0 Å². The lowest BCUT2D eigenvalue weighted by Crippen LogP contribution is -2.30. The molecular formula is C24H19N6OS+. The van der Waals surface area contributed by atoms with Crippen LogP contribution in [-0.4, -0.2) is 16.9 Å². The van der Waals surface area contributed by atoms with E-state index in [2.05, 4.69) is 22.2 Å². The first-order valence-corrected chi connectivity index (χ1v) is 10.7. The summed E-state index contributed by atoms with van der Waals surface area (Å²) in [6.07, 6.45) is 0. The molecule has 8 heteroatoms. The molecule has 1 amide bonds. The highest BCUT2D eigenvalue weighted by molar-refractivity contribution is 8.01.